The van der Waals surface area contributed by atoms with Gasteiger partial charge >= 0.3 is 0 Å². The molecule has 11 heteroatoms. The number of benzene rings is 2. The third kappa shape index (κ3) is 4.27. The van der Waals surface area contributed by atoms with Gasteiger partial charge in [-0.1, -0.05) is 35.0 Å². The average molecular weight is 458 g/mol. The van der Waals surface area contributed by atoms with Gasteiger partial charge in [0.2, 0.25) is 10.0 Å². The van der Waals surface area contributed by atoms with Gasteiger partial charge in [-0.2, -0.15) is 9.29 Å². The fourth-order valence-corrected chi connectivity index (χ4v) is 5.34. The van der Waals surface area contributed by atoms with Gasteiger partial charge < -0.3 is 4.52 Å². The topological polar surface area (TPSA) is 123 Å². The van der Waals surface area contributed by atoms with Crippen LogP contribution in [0.2, 0.25) is 0 Å². The summed E-state index contributed by atoms with van der Waals surface area (Å²) in [5.74, 6) is 0.963. The highest BCUT2D eigenvalue weighted by molar-refractivity contribution is 7.89. The fourth-order valence-electron chi connectivity index (χ4n) is 3.76. The van der Waals surface area contributed by atoms with Crippen molar-refractivity contribution in [3.05, 3.63) is 70.0 Å². The summed E-state index contributed by atoms with van der Waals surface area (Å²) in [5, 5.41) is 15.4. The summed E-state index contributed by atoms with van der Waals surface area (Å²) in [6, 6.07) is 13.0. The van der Waals surface area contributed by atoms with E-state index in [2.05, 4.69) is 15.0 Å². The van der Waals surface area contributed by atoms with E-state index in [1.807, 2.05) is 38.1 Å². The molecule has 0 N–H and O–H groups in total. The van der Waals surface area contributed by atoms with E-state index >= 15 is 0 Å². The van der Waals surface area contributed by atoms with Gasteiger partial charge in [-0.3, -0.25) is 15.0 Å². The Morgan fingerprint density at radius 2 is 1.81 bits per heavy atom. The molecule has 0 bridgehead atoms. The number of para-hydroxylation sites is 1. The van der Waals surface area contributed by atoms with Crippen molar-refractivity contribution in [2.45, 2.75) is 24.8 Å². The summed E-state index contributed by atoms with van der Waals surface area (Å²) >= 11 is 0. The molecule has 168 valence electrons. The first-order valence-corrected chi connectivity index (χ1v) is 11.6. The summed E-state index contributed by atoms with van der Waals surface area (Å²) in [6.07, 6.45) is 0. The summed E-state index contributed by atoms with van der Waals surface area (Å²) in [5.41, 5.74) is 1.52. The minimum absolute atomic E-state index is 0.173. The standard InChI is InChI=1S/C21H23N5O5S/c1-15-6-5-7-17(14-15)21-22-20(23-31-21)16(2)24-10-12-25(13-11-24)32(29,30)19-9-4-3-8-18(19)26(27)28/h3-9,14,16H,10-13H2,1-2H3. The fraction of sp³-hybridized carbons (Fsp3) is 0.333. The van der Waals surface area contributed by atoms with Crippen LogP contribution in [0.3, 0.4) is 0 Å². The molecule has 1 aliphatic rings. The molecule has 0 radical (unpaired) electrons. The third-order valence-electron chi connectivity index (χ3n) is 5.58. The Balaban J connectivity index is 1.46. The summed E-state index contributed by atoms with van der Waals surface area (Å²) in [4.78, 5) is 16.9. The van der Waals surface area contributed by atoms with Crippen LogP contribution in [0.5, 0.6) is 0 Å². The second kappa shape index (κ2) is 8.77. The predicted molar refractivity (Wildman–Crippen MR) is 116 cm³/mol. The minimum atomic E-state index is -3.97. The van der Waals surface area contributed by atoms with Crippen molar-refractivity contribution in [2.24, 2.45) is 0 Å². The molecule has 10 nitrogen and oxygen atoms in total. The molecule has 1 atom stereocenters. The highest BCUT2D eigenvalue weighted by atomic mass is 32.2. The van der Waals surface area contributed by atoms with Gasteiger partial charge in [0.1, 0.15) is 0 Å². The molecule has 0 aliphatic carbocycles. The van der Waals surface area contributed by atoms with Gasteiger partial charge in [0, 0.05) is 37.8 Å². The van der Waals surface area contributed by atoms with Crippen molar-refractivity contribution >= 4 is 15.7 Å². The molecule has 2 aromatic carbocycles. The largest absolute Gasteiger partial charge is 0.334 e. The summed E-state index contributed by atoms with van der Waals surface area (Å²) in [7, 11) is -3.97. The average Bonchev–Trinajstić information content (AvgIpc) is 3.29. The van der Waals surface area contributed by atoms with E-state index in [0.29, 0.717) is 24.8 Å². The third-order valence-corrected chi connectivity index (χ3v) is 7.53. The molecule has 4 rings (SSSR count). The van der Waals surface area contributed by atoms with Crippen LogP contribution in [0.25, 0.3) is 11.5 Å². The number of aryl methyl sites for hydroxylation is 1. The molecule has 0 saturated carbocycles. The van der Waals surface area contributed by atoms with Gasteiger partial charge in [-0.25, -0.2) is 8.42 Å². The molecule has 1 saturated heterocycles. The van der Waals surface area contributed by atoms with E-state index in [4.69, 9.17) is 4.52 Å². The van der Waals surface area contributed by atoms with Crippen LogP contribution < -0.4 is 0 Å². The van der Waals surface area contributed by atoms with Crippen LogP contribution in [-0.4, -0.2) is 58.9 Å². The molecule has 1 aromatic heterocycles. The van der Waals surface area contributed by atoms with E-state index in [-0.39, 0.29) is 24.0 Å². The Morgan fingerprint density at radius 1 is 1.09 bits per heavy atom. The van der Waals surface area contributed by atoms with Gasteiger partial charge in [-0.15, -0.1) is 0 Å². The van der Waals surface area contributed by atoms with Crippen molar-refractivity contribution in [3.63, 3.8) is 0 Å². The Kier molecular flexibility index (Phi) is 6.04. The maximum absolute atomic E-state index is 13.0. The smallest absolute Gasteiger partial charge is 0.289 e. The van der Waals surface area contributed by atoms with E-state index in [1.54, 1.807) is 0 Å². The van der Waals surface area contributed by atoms with Crippen LogP contribution in [0.4, 0.5) is 5.69 Å². The number of nitrogens with zero attached hydrogens (tertiary/aromatic N) is 5. The number of nitro benzene ring substituents is 1. The minimum Gasteiger partial charge on any atom is -0.334 e. The van der Waals surface area contributed by atoms with E-state index in [1.165, 1.54) is 28.6 Å². The van der Waals surface area contributed by atoms with E-state index < -0.39 is 20.6 Å². The Morgan fingerprint density at radius 3 is 2.50 bits per heavy atom. The molecule has 0 amide bonds. The number of hydrogen-bond donors (Lipinski definition) is 0. The molecule has 1 aliphatic heterocycles. The Labute approximate surface area is 185 Å². The van der Waals surface area contributed by atoms with Crippen molar-refractivity contribution in [3.8, 4) is 11.5 Å². The number of rotatable bonds is 6. The quantitative estimate of drug-likeness (QED) is 0.409. The van der Waals surface area contributed by atoms with Gasteiger partial charge in [0.05, 0.1) is 11.0 Å². The SMILES string of the molecule is Cc1cccc(-c2nc(C(C)N3CCN(S(=O)(=O)c4ccccc4[N+](=O)[O-])CC3)no2)c1. The van der Waals surface area contributed by atoms with Crippen LogP contribution >= 0.6 is 0 Å². The molecule has 0 spiro atoms. The number of nitro groups is 1. The van der Waals surface area contributed by atoms with Gasteiger partial charge in [-0.05, 0) is 32.0 Å². The maximum Gasteiger partial charge on any atom is 0.289 e. The number of aromatic nitrogens is 2. The van der Waals surface area contributed by atoms with Crippen molar-refractivity contribution < 1.29 is 17.9 Å². The predicted octanol–water partition coefficient (Wildman–Crippen LogP) is 3.02. The first-order chi connectivity index (χ1) is 15.3. The normalized spacial score (nSPS) is 16.7. The van der Waals surface area contributed by atoms with Gasteiger partial charge in [0.15, 0.2) is 10.7 Å². The van der Waals surface area contributed by atoms with Crippen LogP contribution in [-0.2, 0) is 10.0 Å². The molecule has 32 heavy (non-hydrogen) atoms. The lowest BCUT2D eigenvalue weighted by Crippen LogP contribution is -2.49. The maximum atomic E-state index is 13.0. The molecule has 1 unspecified atom stereocenters. The first kappa shape index (κ1) is 22.1. The van der Waals surface area contributed by atoms with Crippen molar-refractivity contribution in [1.29, 1.82) is 0 Å². The van der Waals surface area contributed by atoms with Crippen molar-refractivity contribution in [2.75, 3.05) is 26.2 Å². The zero-order chi connectivity index (χ0) is 22.9. The highest BCUT2D eigenvalue weighted by Gasteiger charge is 2.35. The van der Waals surface area contributed by atoms with Crippen LogP contribution in [0.1, 0.15) is 24.4 Å². The van der Waals surface area contributed by atoms with E-state index in [0.717, 1.165) is 11.1 Å². The van der Waals surface area contributed by atoms with Crippen molar-refractivity contribution in [1.82, 2.24) is 19.3 Å². The number of hydrogen-bond acceptors (Lipinski definition) is 8. The molecular formula is C21H23N5O5S. The molecular weight excluding hydrogens is 434 g/mol. The monoisotopic (exact) mass is 457 g/mol. The first-order valence-electron chi connectivity index (χ1n) is 10.2. The Bertz CT molecular complexity index is 1230. The Hall–Kier alpha value is -3.15. The molecule has 3 aromatic rings. The molecule has 2 heterocycles. The lowest BCUT2D eigenvalue weighted by molar-refractivity contribution is -0.387. The summed E-state index contributed by atoms with van der Waals surface area (Å²) < 4.78 is 32.7. The number of piperazine rings is 1. The highest BCUT2D eigenvalue weighted by Crippen LogP contribution is 2.29. The second-order valence-electron chi connectivity index (χ2n) is 7.67. The van der Waals surface area contributed by atoms with Crippen LogP contribution in [0.15, 0.2) is 57.9 Å². The zero-order valence-electron chi connectivity index (χ0n) is 17.7. The van der Waals surface area contributed by atoms with Crippen LogP contribution in [0, 0.1) is 17.0 Å². The lowest BCUT2D eigenvalue weighted by atomic mass is 10.1. The van der Waals surface area contributed by atoms with Gasteiger partial charge in [0.25, 0.3) is 11.6 Å². The lowest BCUT2D eigenvalue weighted by Gasteiger charge is -2.36. The number of sulfonamides is 1. The summed E-state index contributed by atoms with van der Waals surface area (Å²) in [6.45, 7) is 5.23. The zero-order valence-corrected chi connectivity index (χ0v) is 18.5. The van der Waals surface area contributed by atoms with E-state index in [9.17, 15) is 18.5 Å². The second-order valence-corrected chi connectivity index (χ2v) is 9.57. The molecule has 1 fully saturated rings.